The molecule has 5 heteroatoms. The lowest BCUT2D eigenvalue weighted by Crippen LogP contribution is -1.88. The van der Waals surface area contributed by atoms with Crippen LogP contribution in [0, 0.1) is 5.82 Å². The van der Waals surface area contributed by atoms with E-state index < -0.39 is 5.82 Å². The van der Waals surface area contributed by atoms with Gasteiger partial charge in [-0.15, -0.1) is 0 Å². The standard InChI is InChI=1S/C7H4Cl3FO/c1-12-4-2-3(11)5(8)7(10)6(4)9/h2H,1H3. The van der Waals surface area contributed by atoms with Gasteiger partial charge in [-0.3, -0.25) is 0 Å². The van der Waals surface area contributed by atoms with E-state index >= 15 is 0 Å². The van der Waals surface area contributed by atoms with Crippen LogP contribution in [0.2, 0.25) is 15.1 Å². The largest absolute Gasteiger partial charge is 0.495 e. The molecule has 1 aromatic carbocycles. The van der Waals surface area contributed by atoms with Crippen LogP contribution < -0.4 is 4.74 Å². The second kappa shape index (κ2) is 3.69. The van der Waals surface area contributed by atoms with Gasteiger partial charge >= 0.3 is 0 Å². The average Bonchev–Trinajstić information content (AvgIpc) is 2.08. The van der Waals surface area contributed by atoms with Gasteiger partial charge in [-0.1, -0.05) is 34.8 Å². The van der Waals surface area contributed by atoms with E-state index in [2.05, 4.69) is 0 Å². The number of rotatable bonds is 1. The molecule has 0 aliphatic carbocycles. The molecular formula is C7H4Cl3FO. The van der Waals surface area contributed by atoms with Crippen LogP contribution in [0.4, 0.5) is 4.39 Å². The highest BCUT2D eigenvalue weighted by Gasteiger charge is 2.14. The van der Waals surface area contributed by atoms with Crippen molar-refractivity contribution in [2.24, 2.45) is 0 Å². The Morgan fingerprint density at radius 2 is 1.75 bits per heavy atom. The van der Waals surface area contributed by atoms with E-state index in [1.54, 1.807) is 0 Å². The van der Waals surface area contributed by atoms with Crippen LogP contribution in [0.5, 0.6) is 5.75 Å². The first-order valence-corrected chi connectivity index (χ1v) is 4.08. The van der Waals surface area contributed by atoms with Crippen molar-refractivity contribution < 1.29 is 9.13 Å². The summed E-state index contributed by atoms with van der Waals surface area (Å²) in [5.41, 5.74) is 0. The highest BCUT2D eigenvalue weighted by atomic mass is 35.5. The van der Waals surface area contributed by atoms with Crippen molar-refractivity contribution in [3.05, 3.63) is 27.0 Å². The first-order chi connectivity index (χ1) is 5.57. The fourth-order valence-electron chi connectivity index (χ4n) is 0.700. The first kappa shape index (κ1) is 9.90. The molecule has 0 N–H and O–H groups in total. The SMILES string of the molecule is COc1cc(F)c(Cl)c(Cl)c1Cl. The maximum absolute atomic E-state index is 12.9. The summed E-state index contributed by atoms with van der Waals surface area (Å²) in [6.45, 7) is 0. The number of halogens is 4. The molecule has 0 bridgehead atoms. The number of ether oxygens (including phenoxy) is 1. The van der Waals surface area contributed by atoms with E-state index in [4.69, 9.17) is 39.5 Å². The highest BCUT2D eigenvalue weighted by Crippen LogP contribution is 2.38. The lowest BCUT2D eigenvalue weighted by molar-refractivity contribution is 0.411. The molecule has 0 saturated carbocycles. The van der Waals surface area contributed by atoms with Crippen molar-refractivity contribution in [3.63, 3.8) is 0 Å². The van der Waals surface area contributed by atoms with Crippen molar-refractivity contribution in [2.45, 2.75) is 0 Å². The smallest absolute Gasteiger partial charge is 0.147 e. The Kier molecular flexibility index (Phi) is 3.04. The van der Waals surface area contributed by atoms with E-state index in [0.29, 0.717) is 0 Å². The summed E-state index contributed by atoms with van der Waals surface area (Å²) in [5.74, 6) is -0.480. The summed E-state index contributed by atoms with van der Waals surface area (Å²) in [6, 6.07) is 1.08. The van der Waals surface area contributed by atoms with E-state index in [9.17, 15) is 4.39 Å². The Morgan fingerprint density at radius 3 is 2.25 bits per heavy atom. The summed E-state index contributed by atoms with van der Waals surface area (Å²) in [6.07, 6.45) is 0. The molecule has 0 fully saturated rings. The lowest BCUT2D eigenvalue weighted by Gasteiger charge is -2.06. The van der Waals surface area contributed by atoms with Gasteiger partial charge in [0.1, 0.15) is 16.6 Å². The molecule has 1 rings (SSSR count). The molecule has 0 heterocycles. The molecule has 0 atom stereocenters. The lowest BCUT2D eigenvalue weighted by atomic mass is 10.3. The van der Waals surface area contributed by atoms with Crippen molar-refractivity contribution in [2.75, 3.05) is 7.11 Å². The topological polar surface area (TPSA) is 9.23 Å². The van der Waals surface area contributed by atoms with Crippen molar-refractivity contribution in [1.82, 2.24) is 0 Å². The second-order valence-corrected chi connectivity index (χ2v) is 3.14. The summed E-state index contributed by atoms with van der Waals surface area (Å²) < 4.78 is 17.6. The van der Waals surface area contributed by atoms with Crippen molar-refractivity contribution in [3.8, 4) is 5.75 Å². The third kappa shape index (κ3) is 1.60. The van der Waals surface area contributed by atoms with E-state index in [1.165, 1.54) is 7.11 Å². The minimum atomic E-state index is -0.650. The van der Waals surface area contributed by atoms with E-state index in [0.717, 1.165) is 6.07 Å². The molecule has 0 aliphatic rings. The van der Waals surface area contributed by atoms with Crippen LogP contribution >= 0.6 is 34.8 Å². The fourth-order valence-corrected chi connectivity index (χ4v) is 1.31. The molecule has 0 amide bonds. The molecule has 1 nitrogen and oxygen atoms in total. The van der Waals surface area contributed by atoms with Gasteiger partial charge in [-0.2, -0.15) is 0 Å². The summed E-state index contributed by atoms with van der Waals surface area (Å²) in [4.78, 5) is 0. The number of hydrogen-bond donors (Lipinski definition) is 0. The molecule has 12 heavy (non-hydrogen) atoms. The van der Waals surface area contributed by atoms with Crippen LogP contribution in [0.25, 0.3) is 0 Å². The molecular weight excluding hydrogens is 225 g/mol. The monoisotopic (exact) mass is 228 g/mol. The predicted molar refractivity (Wildman–Crippen MR) is 48.0 cm³/mol. The molecule has 0 saturated heterocycles. The second-order valence-electron chi connectivity index (χ2n) is 2.00. The quantitative estimate of drug-likeness (QED) is 0.526. The summed E-state index contributed by atoms with van der Waals surface area (Å²) in [7, 11) is 1.37. The van der Waals surface area contributed by atoms with Crippen molar-refractivity contribution in [1.29, 1.82) is 0 Å². The molecule has 0 aromatic heterocycles. The third-order valence-electron chi connectivity index (χ3n) is 1.29. The van der Waals surface area contributed by atoms with Gasteiger partial charge in [0.05, 0.1) is 17.2 Å². The van der Waals surface area contributed by atoms with Gasteiger partial charge in [0.15, 0.2) is 0 Å². The Morgan fingerprint density at radius 1 is 1.17 bits per heavy atom. The molecule has 0 aliphatic heterocycles. The van der Waals surface area contributed by atoms with Gasteiger partial charge in [-0.05, 0) is 0 Å². The third-order valence-corrected chi connectivity index (χ3v) is 2.61. The number of methoxy groups -OCH3 is 1. The van der Waals surface area contributed by atoms with Gasteiger partial charge in [0.25, 0.3) is 0 Å². The Labute approximate surface area is 84.0 Å². The van der Waals surface area contributed by atoms with Crippen LogP contribution in [0.3, 0.4) is 0 Å². The Balaban J connectivity index is 3.39. The van der Waals surface area contributed by atoms with Gasteiger partial charge in [-0.25, -0.2) is 4.39 Å². The van der Waals surface area contributed by atoms with Crippen molar-refractivity contribution >= 4 is 34.8 Å². The zero-order chi connectivity index (χ0) is 9.30. The van der Waals surface area contributed by atoms with E-state index in [1.807, 2.05) is 0 Å². The summed E-state index contributed by atoms with van der Waals surface area (Å²) in [5, 5.41) is -0.108. The van der Waals surface area contributed by atoms with Crippen LogP contribution in [0.1, 0.15) is 0 Å². The van der Waals surface area contributed by atoms with Crippen LogP contribution in [0.15, 0.2) is 6.07 Å². The van der Waals surface area contributed by atoms with E-state index in [-0.39, 0.29) is 20.8 Å². The molecule has 66 valence electrons. The summed E-state index contributed by atoms with van der Waals surface area (Å²) >= 11 is 16.7. The minimum absolute atomic E-state index is 0.0322. The maximum atomic E-state index is 12.9. The Hall–Kier alpha value is -0.180. The highest BCUT2D eigenvalue weighted by molar-refractivity contribution is 6.48. The predicted octanol–water partition coefficient (Wildman–Crippen LogP) is 3.79. The van der Waals surface area contributed by atoms with Gasteiger partial charge in [0, 0.05) is 6.07 Å². The minimum Gasteiger partial charge on any atom is -0.495 e. The zero-order valence-electron chi connectivity index (χ0n) is 6.00. The molecule has 0 unspecified atom stereocenters. The van der Waals surface area contributed by atoms with Gasteiger partial charge in [0.2, 0.25) is 0 Å². The first-order valence-electron chi connectivity index (χ1n) is 2.95. The number of benzene rings is 1. The van der Waals surface area contributed by atoms with Crippen LogP contribution in [-0.2, 0) is 0 Å². The Bertz CT molecular complexity index is 314. The number of hydrogen-bond acceptors (Lipinski definition) is 1. The van der Waals surface area contributed by atoms with Gasteiger partial charge < -0.3 is 4.74 Å². The average molecular weight is 229 g/mol. The van der Waals surface area contributed by atoms with Crippen LogP contribution in [-0.4, -0.2) is 7.11 Å². The normalized spacial score (nSPS) is 10.1. The maximum Gasteiger partial charge on any atom is 0.147 e. The molecule has 0 spiro atoms. The molecule has 1 aromatic rings. The fraction of sp³-hybridized carbons (Fsp3) is 0.143. The molecule has 0 radical (unpaired) electrons. The zero-order valence-corrected chi connectivity index (χ0v) is 8.27.